The van der Waals surface area contributed by atoms with E-state index in [2.05, 4.69) is 137 Å². The van der Waals surface area contributed by atoms with Crippen LogP contribution in [0, 0.1) is 20.8 Å². The minimum absolute atomic E-state index is 0.218. The Morgan fingerprint density at radius 3 is 2.31 bits per heavy atom. The van der Waals surface area contributed by atoms with Gasteiger partial charge in [-0.2, -0.15) is 0 Å². The van der Waals surface area contributed by atoms with Crippen LogP contribution in [0.5, 0.6) is 0 Å². The lowest BCUT2D eigenvalue weighted by molar-refractivity contribution is 1.00. The number of pyridine rings is 1. The van der Waals surface area contributed by atoms with Gasteiger partial charge in [0.2, 0.25) is 0 Å². The molecule has 0 saturated heterocycles. The monoisotopic (exact) mass is 505 g/mol. The highest BCUT2D eigenvalue weighted by Crippen LogP contribution is 2.39. The van der Waals surface area contributed by atoms with Crippen molar-refractivity contribution in [3.8, 4) is 11.1 Å². The third kappa shape index (κ3) is 5.68. The van der Waals surface area contributed by atoms with Gasteiger partial charge in [0, 0.05) is 11.6 Å². The second-order valence-corrected chi connectivity index (χ2v) is 10.3. The lowest BCUT2D eigenvalue weighted by Crippen LogP contribution is -2.03. The summed E-state index contributed by atoms with van der Waals surface area (Å²) in [5.41, 5.74) is 14.5. The van der Waals surface area contributed by atoms with Crippen molar-refractivity contribution in [1.82, 2.24) is 4.98 Å². The molecule has 1 nitrogen and oxygen atoms in total. The van der Waals surface area contributed by atoms with Gasteiger partial charge in [0.1, 0.15) is 0 Å². The standard InChI is InChI=1S/C38H35N/c1-6-7-8-15-28(4)38-25-31(23-29(5)39-38)30-21-26(2)22-32(24-30)34-19-13-20-35(33-16-10-9-14-27(33)3)37-18-12-11-17-36(34)37/h6-25,35H,1H2,2-5H3/b8-7-,28-15+. The highest BCUT2D eigenvalue weighted by Gasteiger charge is 2.21. The van der Waals surface area contributed by atoms with E-state index in [1.807, 2.05) is 12.2 Å². The fraction of sp³-hybridized carbons (Fsp3) is 0.132. The SMILES string of the molecule is C=C/C=C\C=C(/C)c1cc(-c2cc(C)cc(C3=CC=CC(c4ccccc4C)c4ccccc43)c2)cc(C)n1. The van der Waals surface area contributed by atoms with E-state index in [1.54, 1.807) is 6.08 Å². The Kier molecular flexibility index (Phi) is 7.70. The maximum absolute atomic E-state index is 4.81. The number of nitrogens with zero attached hydrogens (tertiary/aromatic N) is 1. The first-order valence-corrected chi connectivity index (χ1v) is 13.6. The highest BCUT2D eigenvalue weighted by atomic mass is 14.7. The summed E-state index contributed by atoms with van der Waals surface area (Å²) in [7, 11) is 0. The average molecular weight is 506 g/mol. The summed E-state index contributed by atoms with van der Waals surface area (Å²) in [4.78, 5) is 4.81. The fourth-order valence-electron chi connectivity index (χ4n) is 5.43. The summed E-state index contributed by atoms with van der Waals surface area (Å²) in [5, 5.41) is 0. The van der Waals surface area contributed by atoms with Crippen LogP contribution in [0.15, 0.2) is 128 Å². The smallest absolute Gasteiger partial charge is 0.0668 e. The van der Waals surface area contributed by atoms with Crippen molar-refractivity contribution in [3.63, 3.8) is 0 Å². The van der Waals surface area contributed by atoms with Crippen molar-refractivity contribution >= 4 is 11.1 Å². The minimum atomic E-state index is 0.218. The summed E-state index contributed by atoms with van der Waals surface area (Å²) in [6.45, 7) is 12.3. The van der Waals surface area contributed by atoms with E-state index < -0.39 is 0 Å². The van der Waals surface area contributed by atoms with Gasteiger partial charge >= 0.3 is 0 Å². The largest absolute Gasteiger partial charge is 0.253 e. The van der Waals surface area contributed by atoms with Crippen LogP contribution in [0.1, 0.15) is 57.6 Å². The van der Waals surface area contributed by atoms with Crippen LogP contribution >= 0.6 is 0 Å². The molecule has 1 aromatic heterocycles. The molecule has 0 bridgehead atoms. The van der Waals surface area contributed by atoms with Gasteiger partial charge < -0.3 is 0 Å². The number of fused-ring (bicyclic) bond motifs is 1. The summed E-state index contributed by atoms with van der Waals surface area (Å²) in [5.74, 6) is 0.218. The first kappa shape index (κ1) is 26.1. The minimum Gasteiger partial charge on any atom is -0.253 e. The Labute approximate surface area is 233 Å². The molecule has 0 fully saturated rings. The van der Waals surface area contributed by atoms with Crippen LogP contribution < -0.4 is 0 Å². The van der Waals surface area contributed by atoms with E-state index >= 15 is 0 Å². The molecule has 0 saturated carbocycles. The Morgan fingerprint density at radius 2 is 1.51 bits per heavy atom. The molecule has 0 spiro atoms. The molecule has 39 heavy (non-hydrogen) atoms. The van der Waals surface area contributed by atoms with Gasteiger partial charge in [-0.3, -0.25) is 4.98 Å². The molecule has 3 aromatic carbocycles. The molecule has 192 valence electrons. The van der Waals surface area contributed by atoms with E-state index in [4.69, 9.17) is 4.98 Å². The Bertz CT molecular complexity index is 1660. The summed E-state index contributed by atoms with van der Waals surface area (Å²) >= 11 is 0. The van der Waals surface area contributed by atoms with Crippen LogP contribution in [0.3, 0.4) is 0 Å². The second kappa shape index (κ2) is 11.5. The zero-order chi connectivity index (χ0) is 27.4. The average Bonchev–Trinajstić information content (AvgIpc) is 3.12. The Morgan fingerprint density at radius 1 is 0.795 bits per heavy atom. The first-order valence-electron chi connectivity index (χ1n) is 13.6. The van der Waals surface area contributed by atoms with Gasteiger partial charge in [-0.1, -0.05) is 110 Å². The third-order valence-electron chi connectivity index (χ3n) is 7.35. The zero-order valence-corrected chi connectivity index (χ0v) is 23.3. The molecule has 0 amide bonds. The maximum atomic E-state index is 4.81. The van der Waals surface area contributed by atoms with Crippen molar-refractivity contribution < 1.29 is 0 Å². The number of aromatic nitrogens is 1. The number of benzene rings is 3. The van der Waals surface area contributed by atoms with Gasteiger partial charge in [-0.15, -0.1) is 0 Å². The second-order valence-electron chi connectivity index (χ2n) is 10.3. The summed E-state index contributed by atoms with van der Waals surface area (Å²) in [6, 6.07) is 28.8. The van der Waals surface area contributed by atoms with Crippen LogP contribution in [0.25, 0.3) is 22.3 Å². The van der Waals surface area contributed by atoms with Crippen molar-refractivity contribution in [1.29, 1.82) is 0 Å². The van der Waals surface area contributed by atoms with Crippen molar-refractivity contribution in [2.75, 3.05) is 0 Å². The Hall–Kier alpha value is -4.49. The molecule has 1 unspecified atom stereocenters. The molecule has 1 heterocycles. The molecule has 1 atom stereocenters. The molecule has 0 aliphatic heterocycles. The van der Waals surface area contributed by atoms with Crippen LogP contribution in [0.4, 0.5) is 0 Å². The van der Waals surface area contributed by atoms with Crippen molar-refractivity contribution in [2.45, 2.75) is 33.6 Å². The van der Waals surface area contributed by atoms with Gasteiger partial charge in [-0.25, -0.2) is 0 Å². The molecular weight excluding hydrogens is 470 g/mol. The molecule has 5 rings (SSSR count). The molecule has 0 N–H and O–H groups in total. The number of aryl methyl sites for hydroxylation is 3. The lowest BCUT2D eigenvalue weighted by Gasteiger charge is -2.20. The molecule has 1 aliphatic rings. The molecule has 4 aromatic rings. The van der Waals surface area contributed by atoms with Crippen LogP contribution in [-0.2, 0) is 0 Å². The van der Waals surface area contributed by atoms with Gasteiger partial charge in [-0.05, 0) is 102 Å². The summed E-state index contributed by atoms with van der Waals surface area (Å²) < 4.78 is 0. The van der Waals surface area contributed by atoms with E-state index in [9.17, 15) is 0 Å². The number of hydrogen-bond donors (Lipinski definition) is 0. The Balaban J connectivity index is 1.59. The normalized spacial score (nSPS) is 15.1. The molecule has 1 heteroatoms. The van der Waals surface area contributed by atoms with E-state index in [0.717, 1.165) is 17.0 Å². The number of allylic oxidation sites excluding steroid dienone is 8. The van der Waals surface area contributed by atoms with Gasteiger partial charge in [0.25, 0.3) is 0 Å². The molecular formula is C38H35N. The topological polar surface area (TPSA) is 12.9 Å². The summed E-state index contributed by atoms with van der Waals surface area (Å²) in [6.07, 6.45) is 14.6. The number of hydrogen-bond acceptors (Lipinski definition) is 1. The van der Waals surface area contributed by atoms with Crippen LogP contribution in [-0.4, -0.2) is 4.98 Å². The van der Waals surface area contributed by atoms with E-state index in [-0.39, 0.29) is 5.92 Å². The predicted molar refractivity (Wildman–Crippen MR) is 168 cm³/mol. The third-order valence-corrected chi connectivity index (χ3v) is 7.35. The zero-order valence-electron chi connectivity index (χ0n) is 23.3. The quantitative estimate of drug-likeness (QED) is 0.238. The molecule has 0 radical (unpaired) electrons. The fourth-order valence-corrected chi connectivity index (χ4v) is 5.43. The highest BCUT2D eigenvalue weighted by molar-refractivity contribution is 5.86. The first-order chi connectivity index (χ1) is 18.9. The van der Waals surface area contributed by atoms with Crippen LogP contribution in [0.2, 0.25) is 0 Å². The predicted octanol–water partition coefficient (Wildman–Crippen LogP) is 9.95. The van der Waals surface area contributed by atoms with E-state index in [0.29, 0.717) is 0 Å². The van der Waals surface area contributed by atoms with Crippen molar-refractivity contribution in [3.05, 3.63) is 173 Å². The van der Waals surface area contributed by atoms with Gasteiger partial charge in [0.05, 0.1) is 5.69 Å². The van der Waals surface area contributed by atoms with Gasteiger partial charge in [0.15, 0.2) is 0 Å². The van der Waals surface area contributed by atoms with E-state index in [1.165, 1.54) is 50.1 Å². The maximum Gasteiger partial charge on any atom is 0.0668 e. The number of rotatable bonds is 6. The molecule has 1 aliphatic carbocycles. The van der Waals surface area contributed by atoms with Crippen molar-refractivity contribution in [2.24, 2.45) is 0 Å². The lowest BCUT2D eigenvalue weighted by atomic mass is 9.83.